The summed E-state index contributed by atoms with van der Waals surface area (Å²) < 4.78 is 37.1. The summed E-state index contributed by atoms with van der Waals surface area (Å²) in [6, 6.07) is 1.56. The molecule has 0 fully saturated rings. The molecule has 1 aromatic heterocycles. The van der Waals surface area contributed by atoms with Gasteiger partial charge in [-0.1, -0.05) is 0 Å². The predicted molar refractivity (Wildman–Crippen MR) is 52.0 cm³/mol. The number of fused-ring (bicyclic) bond motifs is 1. The largest absolute Gasteiger partial charge is 0.393 e. The summed E-state index contributed by atoms with van der Waals surface area (Å²) in [6.45, 7) is 0.513. The van der Waals surface area contributed by atoms with Gasteiger partial charge < -0.3 is 4.90 Å². The van der Waals surface area contributed by atoms with Gasteiger partial charge in [-0.25, -0.2) is 0 Å². The van der Waals surface area contributed by atoms with E-state index in [-0.39, 0.29) is 0 Å². The molecular weight excluding hydrogens is 225 g/mol. The normalized spacial score (nSPS) is 15.6. The Hall–Kier alpha value is -1.04. The van der Waals surface area contributed by atoms with Gasteiger partial charge in [0.25, 0.3) is 0 Å². The number of hydrogen-bond donors (Lipinski definition) is 0. The average molecular weight is 234 g/mol. The maximum absolute atomic E-state index is 12.1. The number of hydrogen-bond acceptors (Lipinski definition) is 3. The van der Waals surface area contributed by atoms with Crippen molar-refractivity contribution in [1.82, 2.24) is 4.90 Å². The van der Waals surface area contributed by atoms with E-state index < -0.39 is 12.6 Å². The molecular formula is C9H9F3N2S. The van der Waals surface area contributed by atoms with Gasteiger partial charge in [0.15, 0.2) is 0 Å². The van der Waals surface area contributed by atoms with Crippen LogP contribution in [0, 0.1) is 0 Å². The molecule has 0 unspecified atom stereocenters. The van der Waals surface area contributed by atoms with Crippen molar-refractivity contribution in [2.45, 2.75) is 12.6 Å². The lowest BCUT2D eigenvalue weighted by molar-refractivity contribution is -0.126. The maximum atomic E-state index is 12.1. The lowest BCUT2D eigenvalue weighted by Crippen LogP contribution is -2.30. The van der Waals surface area contributed by atoms with E-state index in [0.717, 1.165) is 16.6 Å². The second-order valence-electron chi connectivity index (χ2n) is 3.45. The van der Waals surface area contributed by atoms with E-state index in [1.807, 2.05) is 18.1 Å². The fourth-order valence-electron chi connectivity index (χ4n) is 1.40. The number of halogens is 3. The number of nitrogens with zero attached hydrogens (tertiary/aromatic N) is 2. The summed E-state index contributed by atoms with van der Waals surface area (Å²) >= 11 is 1.12. The minimum Gasteiger partial charge on any atom is -0.361 e. The molecule has 1 aliphatic heterocycles. The highest BCUT2D eigenvalue weighted by atomic mass is 32.1. The standard InChI is InChI=1S/C9H9F3N2S/c1-14-4-6-2-7(3-9(10,11)12)15-8(6)13-5-14/h2,4H,3,5H2,1H3. The predicted octanol–water partition coefficient (Wildman–Crippen LogP) is 1.11. The average Bonchev–Trinajstić information content (AvgIpc) is 2.42. The fraction of sp³-hybridized carbons (Fsp3) is 0.444. The van der Waals surface area contributed by atoms with E-state index in [1.165, 1.54) is 0 Å². The van der Waals surface area contributed by atoms with Crippen LogP contribution in [0.15, 0.2) is 11.1 Å². The molecule has 6 heteroatoms. The highest BCUT2D eigenvalue weighted by molar-refractivity contribution is 7.09. The molecule has 2 nitrogen and oxygen atoms in total. The third kappa shape index (κ3) is 2.50. The summed E-state index contributed by atoms with van der Waals surface area (Å²) in [5.41, 5.74) is 0. The zero-order valence-electron chi connectivity index (χ0n) is 8.01. The van der Waals surface area contributed by atoms with Crippen molar-refractivity contribution in [3.8, 4) is 0 Å². The van der Waals surface area contributed by atoms with Crippen molar-refractivity contribution < 1.29 is 13.2 Å². The molecule has 1 aromatic rings. The molecule has 0 N–H and O–H groups in total. The minimum absolute atomic E-state index is 0.322. The van der Waals surface area contributed by atoms with Crippen LogP contribution in [0.5, 0.6) is 0 Å². The molecule has 0 bridgehead atoms. The SMILES string of the molecule is CN1C=c2cc(CC(F)(F)F)sc2=NC1. The van der Waals surface area contributed by atoms with Crippen LogP contribution in [0.1, 0.15) is 4.88 Å². The summed E-state index contributed by atoms with van der Waals surface area (Å²) in [4.78, 5) is 6.33. The Kier molecular flexibility index (Phi) is 2.46. The van der Waals surface area contributed by atoms with E-state index >= 15 is 0 Å². The molecule has 0 spiro atoms. The van der Waals surface area contributed by atoms with Gasteiger partial charge in [0.1, 0.15) is 11.3 Å². The van der Waals surface area contributed by atoms with E-state index in [2.05, 4.69) is 4.99 Å². The first-order chi connectivity index (χ1) is 6.94. The molecule has 0 amide bonds. The number of thiophene rings is 1. The van der Waals surface area contributed by atoms with Crippen LogP contribution in [0.3, 0.4) is 0 Å². The maximum Gasteiger partial charge on any atom is 0.393 e. The monoisotopic (exact) mass is 234 g/mol. The molecule has 2 rings (SSSR count). The van der Waals surface area contributed by atoms with Gasteiger partial charge in [-0.15, -0.1) is 11.3 Å². The lowest BCUT2D eigenvalue weighted by Gasteiger charge is -2.11. The van der Waals surface area contributed by atoms with Gasteiger partial charge in [-0.2, -0.15) is 13.2 Å². The fourth-order valence-corrected chi connectivity index (χ4v) is 2.42. The van der Waals surface area contributed by atoms with Gasteiger partial charge in [-0.3, -0.25) is 4.99 Å². The van der Waals surface area contributed by atoms with Gasteiger partial charge >= 0.3 is 6.18 Å². The minimum atomic E-state index is -4.14. The highest BCUT2D eigenvalue weighted by Crippen LogP contribution is 2.21. The molecule has 1 aliphatic rings. The third-order valence-electron chi connectivity index (χ3n) is 1.96. The summed E-state index contributed by atoms with van der Waals surface area (Å²) in [5, 5.41) is 0.785. The van der Waals surface area contributed by atoms with Crippen molar-refractivity contribution in [3.05, 3.63) is 20.8 Å². The molecule has 0 radical (unpaired) electrons. The van der Waals surface area contributed by atoms with Crippen LogP contribution in [0.4, 0.5) is 13.2 Å². The number of rotatable bonds is 1. The van der Waals surface area contributed by atoms with Gasteiger partial charge in [0, 0.05) is 23.3 Å². The highest BCUT2D eigenvalue weighted by Gasteiger charge is 2.28. The third-order valence-corrected chi connectivity index (χ3v) is 3.05. The Morgan fingerprint density at radius 2 is 2.27 bits per heavy atom. The van der Waals surface area contributed by atoms with Crippen molar-refractivity contribution in [1.29, 1.82) is 0 Å². The first-order valence-corrected chi connectivity index (χ1v) is 5.18. The summed E-state index contributed by atoms with van der Waals surface area (Å²) in [5.74, 6) is 0. The quantitative estimate of drug-likeness (QED) is 0.711. The molecule has 0 aromatic carbocycles. The van der Waals surface area contributed by atoms with E-state index in [4.69, 9.17) is 0 Å². The van der Waals surface area contributed by atoms with Crippen molar-refractivity contribution in [2.75, 3.05) is 13.7 Å². The molecule has 0 atom stereocenters. The van der Waals surface area contributed by atoms with Gasteiger partial charge in [0.05, 0.1) is 6.42 Å². The first kappa shape index (κ1) is 10.5. The van der Waals surface area contributed by atoms with Crippen LogP contribution in [-0.2, 0) is 6.42 Å². The van der Waals surface area contributed by atoms with Gasteiger partial charge in [0.2, 0.25) is 0 Å². The molecule has 0 saturated heterocycles. The zero-order chi connectivity index (χ0) is 11.1. The zero-order valence-corrected chi connectivity index (χ0v) is 8.82. The Morgan fingerprint density at radius 3 is 2.93 bits per heavy atom. The Balaban J connectivity index is 2.36. The molecule has 0 aliphatic carbocycles. The molecule has 0 saturated carbocycles. The van der Waals surface area contributed by atoms with Crippen LogP contribution in [-0.4, -0.2) is 24.8 Å². The van der Waals surface area contributed by atoms with Crippen LogP contribution in [0.2, 0.25) is 0 Å². The smallest absolute Gasteiger partial charge is 0.361 e. The Morgan fingerprint density at radius 1 is 1.53 bits per heavy atom. The van der Waals surface area contributed by atoms with Crippen LogP contribution in [0.25, 0.3) is 6.20 Å². The Bertz CT molecular complexity index is 475. The molecule has 15 heavy (non-hydrogen) atoms. The summed E-state index contributed by atoms with van der Waals surface area (Å²) in [7, 11) is 1.84. The Labute approximate surface area is 88.4 Å². The molecule has 82 valence electrons. The summed E-state index contributed by atoms with van der Waals surface area (Å²) in [6.07, 6.45) is -3.18. The second kappa shape index (κ2) is 3.52. The van der Waals surface area contributed by atoms with Gasteiger partial charge in [-0.05, 0) is 6.07 Å². The number of alkyl halides is 3. The molecule has 2 heterocycles. The van der Waals surface area contributed by atoms with E-state index in [0.29, 0.717) is 16.2 Å². The van der Waals surface area contributed by atoms with E-state index in [1.54, 1.807) is 6.07 Å². The first-order valence-electron chi connectivity index (χ1n) is 4.36. The van der Waals surface area contributed by atoms with Crippen LogP contribution < -0.4 is 9.89 Å². The van der Waals surface area contributed by atoms with Crippen molar-refractivity contribution in [3.63, 3.8) is 0 Å². The van der Waals surface area contributed by atoms with Crippen LogP contribution >= 0.6 is 11.3 Å². The lowest BCUT2D eigenvalue weighted by atomic mass is 10.3. The topological polar surface area (TPSA) is 15.6 Å². The van der Waals surface area contributed by atoms with Crippen molar-refractivity contribution in [2.24, 2.45) is 4.99 Å². The van der Waals surface area contributed by atoms with E-state index in [9.17, 15) is 13.2 Å². The second-order valence-corrected chi connectivity index (χ2v) is 4.57. The van der Waals surface area contributed by atoms with Crippen molar-refractivity contribution >= 4 is 17.5 Å².